The van der Waals surface area contributed by atoms with Crippen molar-refractivity contribution in [3.05, 3.63) is 41.3 Å². The van der Waals surface area contributed by atoms with Crippen molar-refractivity contribution in [2.24, 2.45) is 0 Å². The zero-order valence-electron chi connectivity index (χ0n) is 8.82. The van der Waals surface area contributed by atoms with Crippen molar-refractivity contribution < 1.29 is 23.1 Å². The average Bonchev–Trinajstić information content (AvgIpc) is 2.77. The Morgan fingerprint density at radius 3 is 2.67 bits per heavy atom. The zero-order chi connectivity index (χ0) is 13.3. The normalized spacial score (nSPS) is 10.9. The lowest BCUT2D eigenvalue weighted by molar-refractivity contribution is 0.0690. The third-order valence-electron chi connectivity index (χ3n) is 2.36. The van der Waals surface area contributed by atoms with Gasteiger partial charge < -0.3 is 5.11 Å². The topological polar surface area (TPSA) is 66.0 Å². The van der Waals surface area contributed by atoms with Gasteiger partial charge in [-0.05, 0) is 12.1 Å². The Morgan fingerprint density at radius 1 is 1.39 bits per heavy atom. The van der Waals surface area contributed by atoms with E-state index in [1.54, 1.807) is 0 Å². The monoisotopic (exact) mass is 256 g/mol. The van der Waals surface area contributed by atoms with Gasteiger partial charge in [-0.2, -0.15) is 5.10 Å². The summed E-state index contributed by atoms with van der Waals surface area (Å²) in [6, 6.07) is 4.50. The third-order valence-corrected chi connectivity index (χ3v) is 2.36. The van der Waals surface area contributed by atoms with Gasteiger partial charge in [0.1, 0.15) is 11.5 Å². The second kappa shape index (κ2) is 4.52. The summed E-state index contributed by atoms with van der Waals surface area (Å²) in [5, 5.41) is 14.4. The van der Waals surface area contributed by atoms with Crippen LogP contribution in [0.5, 0.6) is 0 Å². The molecule has 0 atom stereocenters. The van der Waals surface area contributed by atoms with Crippen LogP contribution in [0.4, 0.5) is 13.2 Å². The molecule has 0 aliphatic heterocycles. The Hall–Kier alpha value is -2.31. The summed E-state index contributed by atoms with van der Waals surface area (Å²) in [5.41, 5.74) is -1.22. The predicted octanol–water partition coefficient (Wildman–Crippen LogP) is 2.85. The largest absolute Gasteiger partial charge is 0.477 e. The van der Waals surface area contributed by atoms with Crippen molar-refractivity contribution in [2.75, 3.05) is 0 Å². The lowest BCUT2D eigenvalue weighted by atomic mass is 10.0. The lowest BCUT2D eigenvalue weighted by Gasteiger charge is -2.07. The average molecular weight is 256 g/mol. The van der Waals surface area contributed by atoms with Crippen LogP contribution in [-0.2, 0) is 0 Å². The Labute approximate surface area is 99.1 Å². The molecule has 2 rings (SSSR count). The van der Waals surface area contributed by atoms with Crippen molar-refractivity contribution in [1.29, 1.82) is 0 Å². The van der Waals surface area contributed by atoms with Gasteiger partial charge in [0.15, 0.2) is 0 Å². The summed E-state index contributed by atoms with van der Waals surface area (Å²) in [6.07, 6.45) is -3.01. The molecule has 0 unspecified atom stereocenters. The summed E-state index contributed by atoms with van der Waals surface area (Å²) < 4.78 is 38.8. The van der Waals surface area contributed by atoms with E-state index in [0.29, 0.717) is 0 Å². The van der Waals surface area contributed by atoms with Crippen molar-refractivity contribution in [1.82, 2.24) is 10.2 Å². The number of carboxylic acid groups (broad SMARTS) is 1. The van der Waals surface area contributed by atoms with Crippen LogP contribution in [0.25, 0.3) is 11.3 Å². The zero-order valence-corrected chi connectivity index (χ0v) is 8.82. The van der Waals surface area contributed by atoms with Crippen molar-refractivity contribution in [3.63, 3.8) is 0 Å². The molecule has 0 fully saturated rings. The molecule has 0 saturated heterocycles. The van der Waals surface area contributed by atoms with E-state index in [2.05, 4.69) is 10.2 Å². The Bertz CT molecular complexity index is 596. The maximum atomic E-state index is 13.3. The first-order valence-electron chi connectivity index (χ1n) is 4.86. The molecule has 0 saturated carbocycles. The number of rotatable bonds is 3. The molecule has 0 spiro atoms. The number of aromatic nitrogens is 2. The van der Waals surface area contributed by atoms with E-state index in [1.165, 1.54) is 12.1 Å². The highest BCUT2D eigenvalue weighted by Crippen LogP contribution is 2.32. The fourth-order valence-corrected chi connectivity index (χ4v) is 1.55. The number of hydrogen-bond acceptors (Lipinski definition) is 2. The predicted molar refractivity (Wildman–Crippen MR) is 55.9 cm³/mol. The number of hydrogen-bond donors (Lipinski definition) is 2. The van der Waals surface area contributed by atoms with E-state index < -0.39 is 23.8 Å². The first-order valence-corrected chi connectivity index (χ1v) is 4.86. The molecule has 2 N–H and O–H groups in total. The number of alkyl halides is 2. The van der Waals surface area contributed by atoms with Crippen LogP contribution in [0.15, 0.2) is 24.3 Å². The summed E-state index contributed by atoms with van der Waals surface area (Å²) in [4.78, 5) is 10.6. The van der Waals surface area contributed by atoms with Gasteiger partial charge in [-0.25, -0.2) is 18.0 Å². The number of aromatic carboxylic acids is 1. The van der Waals surface area contributed by atoms with E-state index in [9.17, 15) is 18.0 Å². The molecule has 4 nitrogen and oxygen atoms in total. The molecule has 2 aromatic rings. The number of benzene rings is 1. The summed E-state index contributed by atoms with van der Waals surface area (Å²) in [6.45, 7) is 0. The molecule has 0 bridgehead atoms. The minimum Gasteiger partial charge on any atom is -0.477 e. The van der Waals surface area contributed by atoms with Crippen LogP contribution >= 0.6 is 0 Å². The maximum absolute atomic E-state index is 13.3. The van der Waals surface area contributed by atoms with Crippen LogP contribution in [-0.4, -0.2) is 21.3 Å². The first-order chi connectivity index (χ1) is 8.50. The van der Waals surface area contributed by atoms with Gasteiger partial charge in [0.05, 0.1) is 11.3 Å². The van der Waals surface area contributed by atoms with E-state index >= 15 is 0 Å². The molecule has 94 valence electrons. The van der Waals surface area contributed by atoms with Crippen molar-refractivity contribution in [3.8, 4) is 11.3 Å². The van der Waals surface area contributed by atoms with Gasteiger partial charge in [0, 0.05) is 5.56 Å². The number of nitrogens with zero attached hydrogens (tertiary/aromatic N) is 1. The highest BCUT2D eigenvalue weighted by molar-refractivity contribution is 5.87. The van der Waals surface area contributed by atoms with Crippen molar-refractivity contribution in [2.45, 2.75) is 6.43 Å². The third kappa shape index (κ3) is 2.06. The summed E-state index contributed by atoms with van der Waals surface area (Å²) >= 11 is 0. The van der Waals surface area contributed by atoms with Gasteiger partial charge in [0.25, 0.3) is 6.43 Å². The molecule has 0 amide bonds. The van der Waals surface area contributed by atoms with Gasteiger partial charge in [-0.15, -0.1) is 0 Å². The number of carbonyl (C=O) groups is 1. The minimum atomic E-state index is -3.01. The molecule has 7 heteroatoms. The Balaban J connectivity index is 2.56. The van der Waals surface area contributed by atoms with Gasteiger partial charge in [0.2, 0.25) is 0 Å². The Kier molecular flexibility index (Phi) is 3.05. The van der Waals surface area contributed by atoms with Crippen LogP contribution in [0, 0.1) is 5.82 Å². The molecule has 18 heavy (non-hydrogen) atoms. The van der Waals surface area contributed by atoms with Gasteiger partial charge >= 0.3 is 5.97 Å². The quantitative estimate of drug-likeness (QED) is 0.887. The maximum Gasteiger partial charge on any atom is 0.353 e. The number of carboxylic acids is 1. The first kappa shape index (κ1) is 12.2. The van der Waals surface area contributed by atoms with E-state index in [4.69, 9.17) is 5.11 Å². The highest BCUT2D eigenvalue weighted by Gasteiger charge is 2.21. The second-order valence-electron chi connectivity index (χ2n) is 3.47. The molecule has 0 aliphatic rings. The molecular formula is C11H7F3N2O2. The van der Waals surface area contributed by atoms with Crippen LogP contribution in [0.2, 0.25) is 0 Å². The number of aromatic amines is 1. The molecular weight excluding hydrogens is 249 g/mol. The molecule has 0 aliphatic carbocycles. The van der Waals surface area contributed by atoms with Crippen LogP contribution in [0.3, 0.4) is 0 Å². The number of nitrogens with one attached hydrogen (secondary N) is 1. The standard InChI is InChI=1S/C11H7F3N2O2/c12-6-3-1-2-5(9(6)10(13)14)7-4-8(11(17)18)16-15-7/h1-4,10H,(H,15,16)(H,17,18). The highest BCUT2D eigenvalue weighted by atomic mass is 19.3. The van der Waals surface area contributed by atoms with Crippen molar-refractivity contribution >= 4 is 5.97 Å². The fraction of sp³-hybridized carbons (Fsp3) is 0.0909. The fourth-order valence-electron chi connectivity index (χ4n) is 1.55. The van der Waals surface area contributed by atoms with Gasteiger partial charge in [-0.1, -0.05) is 12.1 Å². The van der Waals surface area contributed by atoms with E-state index in [1.807, 2.05) is 0 Å². The summed E-state index contributed by atoms with van der Waals surface area (Å²) in [7, 11) is 0. The molecule has 1 aromatic carbocycles. The Morgan fingerprint density at radius 2 is 2.11 bits per heavy atom. The number of halogens is 3. The molecule has 1 heterocycles. The smallest absolute Gasteiger partial charge is 0.353 e. The SMILES string of the molecule is O=C(O)c1cc(-c2cccc(F)c2C(F)F)n[nH]1. The van der Waals surface area contributed by atoms with Gasteiger partial charge in [-0.3, -0.25) is 5.10 Å². The number of H-pyrrole nitrogens is 1. The van der Waals surface area contributed by atoms with Crippen LogP contribution < -0.4 is 0 Å². The molecule has 0 radical (unpaired) electrons. The minimum absolute atomic E-state index is 0.0396. The van der Waals surface area contributed by atoms with E-state index in [-0.39, 0.29) is 17.0 Å². The van der Waals surface area contributed by atoms with E-state index in [0.717, 1.165) is 12.1 Å². The lowest BCUT2D eigenvalue weighted by Crippen LogP contribution is -1.95. The van der Waals surface area contributed by atoms with Crippen LogP contribution in [0.1, 0.15) is 22.5 Å². The summed E-state index contributed by atoms with van der Waals surface area (Å²) in [5.74, 6) is -2.33. The second-order valence-corrected chi connectivity index (χ2v) is 3.47. The molecule has 1 aromatic heterocycles.